The standard InChI is InChI=1S/C32H35FN2O3/c1-4-20-12-22-15-26(16-23(22)13-21(20)5-2)34-17-29(36)27-8-10-30(32-28(27)9-11-31(37)35-32)38-18-24-14-25(33)7-6-19(24)3/h6-14,26,29,34,36H,4-5,15-18H2,1-3H3,(H,35,37)/t29-/m1/s1. The minimum Gasteiger partial charge on any atom is -0.487 e. The number of benzene rings is 3. The number of hydrogen-bond donors (Lipinski definition) is 3. The fourth-order valence-corrected chi connectivity index (χ4v) is 5.58. The number of aromatic amines is 1. The lowest BCUT2D eigenvalue weighted by molar-refractivity contribution is 0.171. The number of aliphatic hydroxyl groups is 1. The van der Waals surface area contributed by atoms with E-state index in [1.807, 2.05) is 13.0 Å². The zero-order chi connectivity index (χ0) is 26.8. The molecule has 1 heterocycles. The van der Waals surface area contributed by atoms with Gasteiger partial charge in [0.05, 0.1) is 11.6 Å². The Bertz CT molecular complexity index is 1490. The van der Waals surface area contributed by atoms with E-state index < -0.39 is 6.10 Å². The first-order valence-corrected chi connectivity index (χ1v) is 13.4. The zero-order valence-electron chi connectivity index (χ0n) is 22.2. The van der Waals surface area contributed by atoms with Gasteiger partial charge < -0.3 is 20.1 Å². The summed E-state index contributed by atoms with van der Waals surface area (Å²) in [6.07, 6.45) is 3.25. The second-order valence-corrected chi connectivity index (χ2v) is 10.2. The number of fused-ring (bicyclic) bond motifs is 2. The van der Waals surface area contributed by atoms with Crippen LogP contribution in [0.3, 0.4) is 0 Å². The predicted octanol–water partition coefficient (Wildman–Crippen LogP) is 5.47. The Hall–Kier alpha value is -3.48. The van der Waals surface area contributed by atoms with Crippen molar-refractivity contribution in [2.75, 3.05) is 6.54 Å². The summed E-state index contributed by atoms with van der Waals surface area (Å²) in [6.45, 7) is 6.88. The van der Waals surface area contributed by atoms with Gasteiger partial charge in [0.15, 0.2) is 0 Å². The van der Waals surface area contributed by atoms with Gasteiger partial charge in [-0.3, -0.25) is 4.79 Å². The molecule has 1 aliphatic rings. The van der Waals surface area contributed by atoms with Crippen molar-refractivity contribution < 1.29 is 14.2 Å². The molecule has 3 aromatic carbocycles. The van der Waals surface area contributed by atoms with E-state index >= 15 is 0 Å². The highest BCUT2D eigenvalue weighted by Gasteiger charge is 2.24. The number of aryl methyl sites for hydroxylation is 3. The number of hydrogen-bond acceptors (Lipinski definition) is 4. The van der Waals surface area contributed by atoms with Crippen LogP contribution in [0, 0.1) is 12.7 Å². The molecule has 5 nitrogen and oxygen atoms in total. The number of ether oxygens (including phenoxy) is 1. The van der Waals surface area contributed by atoms with E-state index in [2.05, 4.69) is 36.3 Å². The van der Waals surface area contributed by atoms with E-state index in [9.17, 15) is 14.3 Å². The lowest BCUT2D eigenvalue weighted by Gasteiger charge is -2.19. The highest BCUT2D eigenvalue weighted by molar-refractivity contribution is 5.87. The average molecular weight is 515 g/mol. The van der Waals surface area contributed by atoms with Crippen LogP contribution in [-0.2, 0) is 32.3 Å². The molecule has 5 rings (SSSR count). The van der Waals surface area contributed by atoms with Crippen LogP contribution in [0.5, 0.6) is 5.75 Å². The molecule has 38 heavy (non-hydrogen) atoms. The van der Waals surface area contributed by atoms with E-state index in [-0.39, 0.29) is 24.0 Å². The summed E-state index contributed by atoms with van der Waals surface area (Å²) in [4.78, 5) is 15.0. The highest BCUT2D eigenvalue weighted by Crippen LogP contribution is 2.31. The number of pyridine rings is 1. The fourth-order valence-electron chi connectivity index (χ4n) is 5.58. The minimum atomic E-state index is -0.760. The Labute approximate surface area is 222 Å². The van der Waals surface area contributed by atoms with Crippen molar-refractivity contribution in [3.63, 3.8) is 0 Å². The number of halogens is 1. The van der Waals surface area contributed by atoms with Gasteiger partial charge in [-0.05, 0) is 95.8 Å². The van der Waals surface area contributed by atoms with E-state index in [4.69, 9.17) is 4.74 Å². The van der Waals surface area contributed by atoms with Crippen LogP contribution in [-0.4, -0.2) is 22.7 Å². The average Bonchev–Trinajstić information content (AvgIpc) is 3.32. The smallest absolute Gasteiger partial charge is 0.248 e. The number of aliphatic hydroxyl groups excluding tert-OH is 1. The second kappa shape index (κ2) is 11.1. The molecule has 6 heteroatoms. The maximum Gasteiger partial charge on any atom is 0.248 e. The van der Waals surface area contributed by atoms with Crippen LogP contribution in [0.2, 0.25) is 0 Å². The molecule has 0 spiro atoms. The van der Waals surface area contributed by atoms with E-state index in [0.29, 0.717) is 17.8 Å². The maximum absolute atomic E-state index is 13.7. The van der Waals surface area contributed by atoms with Crippen molar-refractivity contribution in [1.29, 1.82) is 0 Å². The van der Waals surface area contributed by atoms with Crippen molar-refractivity contribution in [1.82, 2.24) is 10.3 Å². The molecule has 1 aliphatic carbocycles. The Morgan fingerprint density at radius 2 is 1.71 bits per heavy atom. The lowest BCUT2D eigenvalue weighted by Crippen LogP contribution is -2.33. The largest absolute Gasteiger partial charge is 0.487 e. The molecule has 4 aromatic rings. The van der Waals surface area contributed by atoms with Crippen LogP contribution in [0.4, 0.5) is 4.39 Å². The van der Waals surface area contributed by atoms with Gasteiger partial charge in [-0.25, -0.2) is 4.39 Å². The summed E-state index contributed by atoms with van der Waals surface area (Å²) in [5, 5.41) is 15.4. The zero-order valence-corrected chi connectivity index (χ0v) is 22.2. The molecule has 1 atom stereocenters. The van der Waals surface area contributed by atoms with E-state index in [1.54, 1.807) is 18.2 Å². The van der Waals surface area contributed by atoms with Crippen molar-refractivity contribution in [2.45, 2.75) is 65.2 Å². The molecule has 0 radical (unpaired) electrons. The monoisotopic (exact) mass is 514 g/mol. The number of H-pyrrole nitrogens is 1. The van der Waals surface area contributed by atoms with Gasteiger partial charge in [-0.2, -0.15) is 0 Å². The van der Waals surface area contributed by atoms with E-state index in [1.165, 1.54) is 40.5 Å². The molecule has 0 aliphatic heterocycles. The molecule has 0 fully saturated rings. The Morgan fingerprint density at radius 1 is 1.00 bits per heavy atom. The molecular formula is C32H35FN2O3. The molecule has 0 saturated carbocycles. The summed E-state index contributed by atoms with van der Waals surface area (Å²) >= 11 is 0. The first-order chi connectivity index (χ1) is 18.4. The third-order valence-electron chi connectivity index (χ3n) is 7.76. The van der Waals surface area contributed by atoms with Gasteiger partial charge >= 0.3 is 0 Å². The number of rotatable bonds is 9. The normalized spacial score (nSPS) is 14.1. The third kappa shape index (κ3) is 5.38. The first kappa shape index (κ1) is 26.1. The van der Waals surface area contributed by atoms with Gasteiger partial charge in [-0.1, -0.05) is 38.1 Å². The Balaban J connectivity index is 1.31. The fraction of sp³-hybridized carbons (Fsp3) is 0.344. The SMILES string of the molecule is CCc1cc2c(cc1CC)CC(NC[C@@H](O)c1ccc(OCc3cc(F)ccc3C)c3[nH]c(=O)ccc13)C2. The molecule has 0 bridgehead atoms. The lowest BCUT2D eigenvalue weighted by atomic mass is 9.97. The quantitative estimate of drug-likeness (QED) is 0.277. The van der Waals surface area contributed by atoms with Crippen LogP contribution in [0.25, 0.3) is 10.9 Å². The molecule has 0 unspecified atom stereocenters. The molecule has 198 valence electrons. The summed E-state index contributed by atoms with van der Waals surface area (Å²) in [5.74, 6) is 0.162. The Kier molecular flexibility index (Phi) is 7.63. The van der Waals surface area contributed by atoms with Gasteiger partial charge in [0.2, 0.25) is 5.56 Å². The number of nitrogens with one attached hydrogen (secondary N) is 2. The van der Waals surface area contributed by atoms with Crippen molar-refractivity contribution in [3.8, 4) is 5.75 Å². The highest BCUT2D eigenvalue weighted by atomic mass is 19.1. The van der Waals surface area contributed by atoms with Crippen LogP contribution in [0.1, 0.15) is 58.9 Å². The van der Waals surface area contributed by atoms with E-state index in [0.717, 1.165) is 47.8 Å². The molecule has 0 amide bonds. The second-order valence-electron chi connectivity index (χ2n) is 10.2. The topological polar surface area (TPSA) is 74.3 Å². The van der Waals surface area contributed by atoms with Crippen molar-refractivity contribution in [3.05, 3.63) is 110 Å². The minimum absolute atomic E-state index is 0.167. The summed E-state index contributed by atoms with van der Waals surface area (Å²) < 4.78 is 19.7. The predicted molar refractivity (Wildman–Crippen MR) is 149 cm³/mol. The molecule has 3 N–H and O–H groups in total. The molecule has 1 aromatic heterocycles. The maximum atomic E-state index is 13.7. The summed E-state index contributed by atoms with van der Waals surface area (Å²) in [6, 6.07) is 16.4. The first-order valence-electron chi connectivity index (χ1n) is 13.4. The van der Waals surface area contributed by atoms with Gasteiger partial charge in [0.25, 0.3) is 0 Å². The number of aromatic nitrogens is 1. The summed E-state index contributed by atoms with van der Waals surface area (Å²) in [7, 11) is 0. The third-order valence-corrected chi connectivity index (χ3v) is 7.76. The Morgan fingerprint density at radius 3 is 2.39 bits per heavy atom. The van der Waals surface area contributed by atoms with Gasteiger partial charge in [0.1, 0.15) is 18.2 Å². The molecular weight excluding hydrogens is 479 g/mol. The van der Waals surface area contributed by atoms with Crippen LogP contribution in [0.15, 0.2) is 59.4 Å². The van der Waals surface area contributed by atoms with Gasteiger partial charge in [-0.15, -0.1) is 0 Å². The molecule has 0 saturated heterocycles. The summed E-state index contributed by atoms with van der Waals surface area (Å²) in [5.41, 5.74) is 8.33. The van der Waals surface area contributed by atoms with Crippen LogP contribution >= 0.6 is 0 Å². The van der Waals surface area contributed by atoms with Crippen molar-refractivity contribution in [2.24, 2.45) is 0 Å². The van der Waals surface area contributed by atoms with Crippen molar-refractivity contribution >= 4 is 10.9 Å². The van der Waals surface area contributed by atoms with Crippen LogP contribution < -0.4 is 15.6 Å². The van der Waals surface area contributed by atoms with Gasteiger partial charge in [0, 0.05) is 24.0 Å².